The van der Waals surface area contributed by atoms with Crippen molar-refractivity contribution in [3.8, 4) is 6.07 Å². The first-order valence-corrected chi connectivity index (χ1v) is 8.21. The molecular formula is C17H25N4O+. The number of likely N-dealkylation sites (tertiary alicyclic amines) is 1. The summed E-state index contributed by atoms with van der Waals surface area (Å²) in [4.78, 5) is 13.7. The van der Waals surface area contributed by atoms with Crippen LogP contribution in [0.3, 0.4) is 0 Å². The maximum atomic E-state index is 12.4. The fraction of sp³-hybridized carbons (Fsp3) is 0.647. The molecule has 2 heterocycles. The van der Waals surface area contributed by atoms with Gasteiger partial charge < -0.3 is 14.8 Å². The number of nitrogens with zero attached hydrogens (tertiary/aromatic N) is 2. The van der Waals surface area contributed by atoms with Gasteiger partial charge in [0.05, 0.1) is 18.3 Å². The van der Waals surface area contributed by atoms with Crippen LogP contribution in [-0.2, 0) is 11.8 Å². The SMILES string of the molecule is Cn1cccc1[C@H]1CCC[NH+]1CC(=O)N[C@](C)(C#N)C1CC1. The Morgan fingerprint density at radius 1 is 1.55 bits per heavy atom. The van der Waals surface area contributed by atoms with E-state index in [0.29, 0.717) is 18.5 Å². The molecule has 5 heteroatoms. The van der Waals surface area contributed by atoms with Crippen molar-refractivity contribution in [2.75, 3.05) is 13.1 Å². The molecule has 1 amide bonds. The maximum Gasteiger partial charge on any atom is 0.276 e. The number of carbonyl (C=O) groups is 1. The molecule has 3 atom stereocenters. The second kappa shape index (κ2) is 5.77. The smallest absolute Gasteiger partial charge is 0.276 e. The predicted octanol–water partition coefficient (Wildman–Crippen LogP) is 0.553. The monoisotopic (exact) mass is 301 g/mol. The highest BCUT2D eigenvalue weighted by molar-refractivity contribution is 5.78. The Hall–Kier alpha value is -1.80. The Kier molecular flexibility index (Phi) is 3.96. The summed E-state index contributed by atoms with van der Waals surface area (Å²) < 4.78 is 2.15. The average molecular weight is 301 g/mol. The molecule has 118 valence electrons. The Morgan fingerprint density at radius 3 is 2.91 bits per heavy atom. The summed E-state index contributed by atoms with van der Waals surface area (Å²) in [6.45, 7) is 3.34. The normalized spacial score (nSPS) is 27.1. The van der Waals surface area contributed by atoms with Crippen LogP contribution in [0.15, 0.2) is 18.3 Å². The first-order valence-electron chi connectivity index (χ1n) is 8.21. The van der Waals surface area contributed by atoms with Crippen LogP contribution in [0, 0.1) is 17.2 Å². The van der Waals surface area contributed by atoms with Crippen LogP contribution in [-0.4, -0.2) is 29.1 Å². The fourth-order valence-corrected chi connectivity index (χ4v) is 3.74. The molecule has 3 rings (SSSR count). The molecule has 1 aliphatic heterocycles. The van der Waals surface area contributed by atoms with Gasteiger partial charge in [-0.1, -0.05) is 0 Å². The molecule has 1 aromatic heterocycles. The number of carbonyl (C=O) groups excluding carboxylic acids is 1. The van der Waals surface area contributed by atoms with Gasteiger partial charge in [-0.3, -0.25) is 4.79 Å². The van der Waals surface area contributed by atoms with Gasteiger partial charge in [0.15, 0.2) is 6.54 Å². The molecule has 2 N–H and O–H groups in total. The minimum Gasteiger partial charge on any atom is -0.350 e. The van der Waals surface area contributed by atoms with Crippen molar-refractivity contribution in [2.24, 2.45) is 13.0 Å². The third-order valence-electron chi connectivity index (χ3n) is 5.24. The van der Waals surface area contributed by atoms with E-state index >= 15 is 0 Å². The van der Waals surface area contributed by atoms with Gasteiger partial charge in [-0.25, -0.2) is 0 Å². The van der Waals surface area contributed by atoms with Crippen LogP contribution >= 0.6 is 0 Å². The zero-order valence-corrected chi connectivity index (χ0v) is 13.4. The first-order chi connectivity index (χ1) is 10.5. The lowest BCUT2D eigenvalue weighted by molar-refractivity contribution is -0.911. The molecule has 1 aliphatic carbocycles. The number of amides is 1. The third-order valence-corrected chi connectivity index (χ3v) is 5.24. The van der Waals surface area contributed by atoms with Crippen LogP contribution < -0.4 is 10.2 Å². The van der Waals surface area contributed by atoms with E-state index in [1.54, 1.807) is 0 Å². The number of rotatable bonds is 5. The van der Waals surface area contributed by atoms with Crippen molar-refractivity contribution in [2.45, 2.75) is 44.2 Å². The number of quaternary nitrogens is 1. The molecule has 2 fully saturated rings. The molecule has 0 radical (unpaired) electrons. The lowest BCUT2D eigenvalue weighted by atomic mass is 9.98. The van der Waals surface area contributed by atoms with Crippen LogP contribution in [0.4, 0.5) is 0 Å². The summed E-state index contributed by atoms with van der Waals surface area (Å²) in [5.74, 6) is 0.339. The second-order valence-corrected chi connectivity index (χ2v) is 6.96. The summed E-state index contributed by atoms with van der Waals surface area (Å²) in [5.41, 5.74) is 0.613. The van der Waals surface area contributed by atoms with Crippen LogP contribution in [0.25, 0.3) is 0 Å². The molecule has 22 heavy (non-hydrogen) atoms. The standard InChI is InChI=1S/C17H24N4O/c1-17(12-18,13-7-8-13)19-16(22)11-21-10-4-6-15(21)14-5-3-9-20(14)2/h3,5,9,13,15H,4,6-8,10-11H2,1-2H3,(H,19,22)/p+1/t15-,17-/m1/s1. The summed E-state index contributed by atoms with van der Waals surface area (Å²) in [6, 6.07) is 6.90. The predicted molar refractivity (Wildman–Crippen MR) is 83.0 cm³/mol. The van der Waals surface area contributed by atoms with Crippen molar-refractivity contribution < 1.29 is 9.69 Å². The van der Waals surface area contributed by atoms with Gasteiger partial charge in [0.2, 0.25) is 0 Å². The van der Waals surface area contributed by atoms with Gasteiger partial charge in [0.25, 0.3) is 5.91 Å². The highest BCUT2D eigenvalue weighted by Gasteiger charge is 2.44. The molecule has 1 aromatic rings. The van der Waals surface area contributed by atoms with Crippen molar-refractivity contribution in [3.05, 3.63) is 24.0 Å². The first kappa shape index (κ1) is 15.1. The number of hydrogen-bond acceptors (Lipinski definition) is 2. The average Bonchev–Trinajstić information content (AvgIpc) is 3.13. The Labute approximate surface area is 131 Å². The summed E-state index contributed by atoms with van der Waals surface area (Å²) in [7, 11) is 2.06. The van der Waals surface area contributed by atoms with Gasteiger partial charge in [-0.15, -0.1) is 0 Å². The summed E-state index contributed by atoms with van der Waals surface area (Å²) in [6.07, 6.45) is 6.43. The van der Waals surface area contributed by atoms with Crippen LogP contribution in [0.5, 0.6) is 0 Å². The highest BCUT2D eigenvalue weighted by Crippen LogP contribution is 2.39. The Bertz CT molecular complexity index is 598. The van der Waals surface area contributed by atoms with Gasteiger partial charge >= 0.3 is 0 Å². The molecule has 5 nitrogen and oxygen atoms in total. The summed E-state index contributed by atoms with van der Waals surface area (Å²) in [5, 5.41) is 12.4. The van der Waals surface area contributed by atoms with E-state index in [9.17, 15) is 10.1 Å². The van der Waals surface area contributed by atoms with Crippen molar-refractivity contribution >= 4 is 5.91 Å². The molecule has 0 aromatic carbocycles. The number of nitriles is 1. The van der Waals surface area contributed by atoms with E-state index in [4.69, 9.17) is 0 Å². The summed E-state index contributed by atoms with van der Waals surface area (Å²) >= 11 is 0. The molecule has 0 spiro atoms. The lowest BCUT2D eigenvalue weighted by Crippen LogP contribution is -3.11. The van der Waals surface area contributed by atoms with Gasteiger partial charge in [-0.2, -0.15) is 5.26 Å². The highest BCUT2D eigenvalue weighted by atomic mass is 16.2. The Morgan fingerprint density at radius 2 is 2.32 bits per heavy atom. The third kappa shape index (κ3) is 2.89. The van der Waals surface area contributed by atoms with E-state index in [2.05, 4.69) is 41.3 Å². The van der Waals surface area contributed by atoms with E-state index in [0.717, 1.165) is 32.2 Å². The molecule has 2 aliphatic rings. The maximum absolute atomic E-state index is 12.4. The topological polar surface area (TPSA) is 62.3 Å². The van der Waals surface area contributed by atoms with E-state index in [1.807, 2.05) is 6.92 Å². The van der Waals surface area contributed by atoms with E-state index in [1.165, 1.54) is 10.6 Å². The zero-order chi connectivity index (χ0) is 15.7. The van der Waals surface area contributed by atoms with Crippen LogP contribution in [0.2, 0.25) is 0 Å². The van der Waals surface area contributed by atoms with E-state index in [-0.39, 0.29) is 5.91 Å². The van der Waals surface area contributed by atoms with Gasteiger partial charge in [0, 0.05) is 26.1 Å². The van der Waals surface area contributed by atoms with E-state index < -0.39 is 5.54 Å². The number of nitrogens with one attached hydrogen (secondary N) is 2. The van der Waals surface area contributed by atoms with Crippen molar-refractivity contribution in [1.82, 2.24) is 9.88 Å². The molecule has 1 saturated carbocycles. The molecule has 0 bridgehead atoms. The largest absolute Gasteiger partial charge is 0.350 e. The minimum absolute atomic E-state index is 0.00654. The van der Waals surface area contributed by atoms with Crippen molar-refractivity contribution in [1.29, 1.82) is 5.26 Å². The zero-order valence-electron chi connectivity index (χ0n) is 13.4. The van der Waals surface area contributed by atoms with Crippen molar-refractivity contribution in [3.63, 3.8) is 0 Å². The minimum atomic E-state index is -0.684. The number of aromatic nitrogens is 1. The Balaban J connectivity index is 1.63. The van der Waals surface area contributed by atoms with Gasteiger partial charge in [0.1, 0.15) is 11.6 Å². The number of aryl methyl sites for hydroxylation is 1. The van der Waals surface area contributed by atoms with Crippen LogP contribution in [0.1, 0.15) is 44.3 Å². The second-order valence-electron chi connectivity index (χ2n) is 6.96. The molecular weight excluding hydrogens is 276 g/mol. The lowest BCUT2D eigenvalue weighted by Gasteiger charge is -2.26. The fourth-order valence-electron chi connectivity index (χ4n) is 3.74. The number of hydrogen-bond donors (Lipinski definition) is 2. The molecule has 1 saturated heterocycles. The molecule has 1 unspecified atom stereocenters. The quantitative estimate of drug-likeness (QED) is 0.834. The van der Waals surface area contributed by atoms with Gasteiger partial charge in [-0.05, 0) is 37.8 Å².